The molecule has 1 aliphatic carbocycles. The van der Waals surface area contributed by atoms with E-state index in [1.807, 2.05) is 48.6 Å². The topological polar surface area (TPSA) is 89.2 Å². The second-order valence-electron chi connectivity index (χ2n) is 10.1. The Labute approximate surface area is 215 Å². The van der Waals surface area contributed by atoms with Gasteiger partial charge < -0.3 is 29.1 Å². The van der Waals surface area contributed by atoms with Crippen LogP contribution >= 0.6 is 0 Å². The van der Waals surface area contributed by atoms with Gasteiger partial charge in [0, 0.05) is 14.2 Å². The Morgan fingerprint density at radius 3 is 1.94 bits per heavy atom. The standard InChI is InChI=1S/C28H39NO6Si/c1-27(2,3)36(22-13-8-6-9-14-22,23-15-10-7-11-16-23)35-19-28(26(29)30)18-12-17-24(33-20-31-4)25(28)34-21-32-5/h6-16,18,24-25H,17,19-21H2,1-5H3,(H2,29,30)/t24-,25+,28-/m1/s1. The van der Waals surface area contributed by atoms with Crippen LogP contribution in [0, 0.1) is 5.41 Å². The first-order valence-corrected chi connectivity index (χ1v) is 14.1. The average Bonchev–Trinajstić information content (AvgIpc) is 2.87. The molecule has 1 aliphatic rings. The zero-order chi connectivity index (χ0) is 26.2. The Kier molecular flexibility index (Phi) is 9.63. The Bertz CT molecular complexity index is 955. The molecule has 0 unspecified atom stereocenters. The van der Waals surface area contributed by atoms with E-state index < -0.39 is 31.8 Å². The second kappa shape index (κ2) is 12.3. The summed E-state index contributed by atoms with van der Waals surface area (Å²) in [5, 5.41) is 1.97. The molecule has 0 aliphatic heterocycles. The fourth-order valence-corrected chi connectivity index (χ4v) is 9.69. The lowest BCUT2D eigenvalue weighted by Crippen LogP contribution is -2.68. The highest BCUT2D eigenvalue weighted by Crippen LogP contribution is 2.41. The quantitative estimate of drug-likeness (QED) is 0.267. The molecule has 0 radical (unpaired) electrons. The predicted octanol–water partition coefficient (Wildman–Crippen LogP) is 2.97. The van der Waals surface area contributed by atoms with Crippen LogP contribution in [0.3, 0.4) is 0 Å². The van der Waals surface area contributed by atoms with Crippen molar-refractivity contribution in [3.8, 4) is 0 Å². The van der Waals surface area contributed by atoms with Gasteiger partial charge in [0.1, 0.15) is 25.1 Å². The molecule has 36 heavy (non-hydrogen) atoms. The second-order valence-corrected chi connectivity index (χ2v) is 14.4. The molecule has 7 nitrogen and oxygen atoms in total. The number of primary amides is 1. The van der Waals surface area contributed by atoms with Crippen molar-refractivity contribution in [3.05, 3.63) is 72.8 Å². The van der Waals surface area contributed by atoms with Gasteiger partial charge in [0.25, 0.3) is 8.32 Å². The number of rotatable bonds is 12. The largest absolute Gasteiger partial charge is 0.406 e. The van der Waals surface area contributed by atoms with Gasteiger partial charge >= 0.3 is 0 Å². The maximum atomic E-state index is 13.2. The molecule has 3 atom stereocenters. The maximum absolute atomic E-state index is 13.2. The summed E-state index contributed by atoms with van der Waals surface area (Å²) in [4.78, 5) is 13.2. The minimum absolute atomic E-state index is 0.0143. The monoisotopic (exact) mass is 513 g/mol. The first kappa shape index (κ1) is 28.2. The van der Waals surface area contributed by atoms with Crippen LogP contribution in [-0.2, 0) is 28.2 Å². The molecule has 0 saturated heterocycles. The van der Waals surface area contributed by atoms with Crippen molar-refractivity contribution >= 4 is 24.6 Å². The van der Waals surface area contributed by atoms with E-state index in [1.54, 1.807) is 7.11 Å². The minimum Gasteiger partial charge on any atom is -0.406 e. The van der Waals surface area contributed by atoms with Crippen molar-refractivity contribution in [2.45, 2.75) is 44.4 Å². The third-order valence-electron chi connectivity index (χ3n) is 6.80. The highest BCUT2D eigenvalue weighted by Gasteiger charge is 2.55. The van der Waals surface area contributed by atoms with E-state index in [-0.39, 0.29) is 25.2 Å². The van der Waals surface area contributed by atoms with E-state index in [0.717, 1.165) is 10.4 Å². The average molecular weight is 514 g/mol. The van der Waals surface area contributed by atoms with Crippen molar-refractivity contribution in [1.82, 2.24) is 0 Å². The van der Waals surface area contributed by atoms with Crippen molar-refractivity contribution in [2.24, 2.45) is 11.1 Å². The van der Waals surface area contributed by atoms with Gasteiger partial charge in [0.2, 0.25) is 5.91 Å². The number of benzene rings is 2. The number of hydrogen-bond acceptors (Lipinski definition) is 6. The molecule has 2 N–H and O–H groups in total. The molecule has 0 aromatic heterocycles. The summed E-state index contributed by atoms with van der Waals surface area (Å²) in [6, 6.07) is 20.6. The molecular weight excluding hydrogens is 474 g/mol. The summed E-state index contributed by atoms with van der Waals surface area (Å²) >= 11 is 0. The van der Waals surface area contributed by atoms with Crippen LogP contribution in [0.4, 0.5) is 0 Å². The van der Waals surface area contributed by atoms with Gasteiger partial charge in [0.05, 0.1) is 12.7 Å². The van der Waals surface area contributed by atoms with Crippen molar-refractivity contribution in [1.29, 1.82) is 0 Å². The summed E-state index contributed by atoms with van der Waals surface area (Å²) in [5.74, 6) is -0.538. The van der Waals surface area contributed by atoms with Crippen molar-refractivity contribution in [2.75, 3.05) is 34.4 Å². The van der Waals surface area contributed by atoms with Gasteiger partial charge in [-0.15, -0.1) is 0 Å². The zero-order valence-corrected chi connectivity index (χ0v) is 22.9. The number of ether oxygens (including phenoxy) is 4. The van der Waals surface area contributed by atoms with Crippen LogP contribution in [0.25, 0.3) is 0 Å². The van der Waals surface area contributed by atoms with Crippen LogP contribution in [0.15, 0.2) is 72.8 Å². The fourth-order valence-electron chi connectivity index (χ4n) is 5.08. The molecule has 0 saturated carbocycles. The number of carbonyl (C=O) groups excluding carboxylic acids is 1. The third-order valence-corrected chi connectivity index (χ3v) is 11.8. The summed E-state index contributed by atoms with van der Waals surface area (Å²) in [6.07, 6.45) is 3.10. The number of amides is 1. The van der Waals surface area contributed by atoms with E-state index in [4.69, 9.17) is 29.1 Å². The van der Waals surface area contributed by atoms with Gasteiger partial charge in [0.15, 0.2) is 0 Å². The Morgan fingerprint density at radius 2 is 1.47 bits per heavy atom. The van der Waals surface area contributed by atoms with Gasteiger partial charge in [-0.3, -0.25) is 4.79 Å². The Balaban J connectivity index is 2.12. The summed E-state index contributed by atoms with van der Waals surface area (Å²) < 4.78 is 29.4. The molecule has 1 amide bonds. The number of carbonyl (C=O) groups is 1. The van der Waals surface area contributed by atoms with E-state index in [0.29, 0.717) is 6.42 Å². The van der Waals surface area contributed by atoms with Gasteiger partial charge in [-0.1, -0.05) is 93.6 Å². The van der Waals surface area contributed by atoms with Crippen molar-refractivity contribution < 1.29 is 28.2 Å². The Morgan fingerprint density at radius 1 is 0.944 bits per heavy atom. The minimum atomic E-state index is -2.93. The van der Waals surface area contributed by atoms with Crippen LogP contribution in [0.5, 0.6) is 0 Å². The molecule has 0 bridgehead atoms. The van der Waals surface area contributed by atoms with Crippen LogP contribution in [-0.4, -0.2) is 60.8 Å². The highest BCUT2D eigenvalue weighted by molar-refractivity contribution is 6.99. The molecule has 2 aromatic carbocycles. The molecule has 196 valence electrons. The van der Waals surface area contributed by atoms with Gasteiger partial charge in [-0.05, 0) is 21.8 Å². The molecular formula is C28H39NO6Si. The first-order chi connectivity index (χ1) is 17.2. The van der Waals surface area contributed by atoms with Crippen LogP contribution < -0.4 is 16.1 Å². The Hall–Kier alpha value is -2.33. The van der Waals surface area contributed by atoms with E-state index >= 15 is 0 Å². The highest BCUT2D eigenvalue weighted by atomic mass is 28.4. The molecule has 0 spiro atoms. The van der Waals surface area contributed by atoms with E-state index in [9.17, 15) is 4.79 Å². The molecule has 8 heteroatoms. The fraction of sp³-hybridized carbons (Fsp3) is 0.464. The molecule has 0 heterocycles. The number of methoxy groups -OCH3 is 2. The maximum Gasteiger partial charge on any atom is 0.261 e. The number of hydrogen-bond donors (Lipinski definition) is 1. The van der Waals surface area contributed by atoms with E-state index in [2.05, 4.69) is 45.0 Å². The predicted molar refractivity (Wildman–Crippen MR) is 142 cm³/mol. The smallest absolute Gasteiger partial charge is 0.261 e. The molecule has 3 rings (SSSR count). The van der Waals surface area contributed by atoms with Gasteiger partial charge in [-0.2, -0.15) is 0 Å². The number of nitrogens with two attached hydrogens (primary N) is 1. The summed E-state index contributed by atoms with van der Waals surface area (Å²) in [5.41, 5.74) is 4.85. The lowest BCUT2D eigenvalue weighted by Gasteiger charge is -2.47. The van der Waals surface area contributed by atoms with Crippen molar-refractivity contribution in [3.63, 3.8) is 0 Å². The SMILES string of the molecule is COCO[C@@H]1CC=C[C@](CO[Si](c2ccccc2)(c2ccccc2)C(C)(C)C)(C(N)=O)[C@H]1OCOC. The first-order valence-electron chi connectivity index (χ1n) is 12.2. The normalized spacial score (nSPS) is 22.5. The van der Waals surface area contributed by atoms with Crippen LogP contribution in [0.2, 0.25) is 5.04 Å². The molecule has 2 aromatic rings. The van der Waals surface area contributed by atoms with Gasteiger partial charge in [-0.25, -0.2) is 0 Å². The lowest BCUT2D eigenvalue weighted by molar-refractivity contribution is -0.194. The summed E-state index contributed by atoms with van der Waals surface area (Å²) in [7, 11) is 0.161. The zero-order valence-electron chi connectivity index (χ0n) is 21.9. The lowest BCUT2D eigenvalue weighted by atomic mass is 9.75. The summed E-state index contributed by atoms with van der Waals surface area (Å²) in [6.45, 7) is 6.66. The third kappa shape index (κ3) is 5.64. The van der Waals surface area contributed by atoms with E-state index in [1.165, 1.54) is 7.11 Å². The van der Waals surface area contributed by atoms with Crippen LogP contribution in [0.1, 0.15) is 27.2 Å². The molecule has 0 fully saturated rings.